The lowest BCUT2D eigenvalue weighted by Gasteiger charge is -2.45. The third-order valence-electron chi connectivity index (χ3n) is 3.78. The van der Waals surface area contributed by atoms with Crippen molar-refractivity contribution in [1.82, 2.24) is 9.80 Å². The minimum atomic E-state index is -0.476. The van der Waals surface area contributed by atoms with E-state index in [0.717, 1.165) is 6.54 Å². The standard InChI is InChI=1S/C14H18BrFN2O/c1-14(2)9-18(8-7-17(14)3)13(19)12-10(15)5-4-6-11(12)16/h4-6H,7-9H2,1-3H3. The van der Waals surface area contributed by atoms with Crippen molar-refractivity contribution in [3.05, 3.63) is 34.1 Å². The molecule has 0 atom stereocenters. The zero-order valence-corrected chi connectivity index (χ0v) is 13.0. The molecule has 2 rings (SSSR count). The van der Waals surface area contributed by atoms with Gasteiger partial charge >= 0.3 is 0 Å². The molecule has 0 spiro atoms. The van der Waals surface area contributed by atoms with Gasteiger partial charge < -0.3 is 4.90 Å². The summed E-state index contributed by atoms with van der Waals surface area (Å²) in [5.74, 6) is -0.720. The van der Waals surface area contributed by atoms with Gasteiger partial charge in [-0.1, -0.05) is 6.07 Å². The fourth-order valence-electron chi connectivity index (χ4n) is 2.27. The Kier molecular flexibility index (Phi) is 3.97. The molecule has 0 N–H and O–H groups in total. The first-order chi connectivity index (χ1) is 8.83. The largest absolute Gasteiger partial charge is 0.335 e. The maximum Gasteiger partial charge on any atom is 0.258 e. The van der Waals surface area contributed by atoms with E-state index in [1.54, 1.807) is 17.0 Å². The smallest absolute Gasteiger partial charge is 0.258 e. The maximum atomic E-state index is 13.8. The van der Waals surface area contributed by atoms with Crippen molar-refractivity contribution in [2.75, 3.05) is 26.7 Å². The van der Waals surface area contributed by atoms with Crippen LogP contribution in [0.25, 0.3) is 0 Å². The third-order valence-corrected chi connectivity index (χ3v) is 4.44. The molecule has 19 heavy (non-hydrogen) atoms. The zero-order chi connectivity index (χ0) is 14.2. The topological polar surface area (TPSA) is 23.6 Å². The minimum Gasteiger partial charge on any atom is -0.335 e. The van der Waals surface area contributed by atoms with E-state index >= 15 is 0 Å². The second-order valence-electron chi connectivity index (χ2n) is 5.56. The number of amides is 1. The lowest BCUT2D eigenvalue weighted by atomic mass is 9.99. The van der Waals surface area contributed by atoms with Crippen LogP contribution in [-0.2, 0) is 0 Å². The number of piperazine rings is 1. The van der Waals surface area contributed by atoms with Crippen molar-refractivity contribution in [3.8, 4) is 0 Å². The van der Waals surface area contributed by atoms with Gasteiger partial charge in [-0.25, -0.2) is 4.39 Å². The molecule has 1 aliphatic rings. The van der Waals surface area contributed by atoms with Gasteiger partial charge in [0.25, 0.3) is 5.91 Å². The number of halogens is 2. The summed E-state index contributed by atoms with van der Waals surface area (Å²) in [7, 11) is 2.04. The molecule has 5 heteroatoms. The Morgan fingerprint density at radius 2 is 2.05 bits per heavy atom. The second kappa shape index (κ2) is 5.21. The molecule has 1 heterocycles. The number of rotatable bonds is 1. The van der Waals surface area contributed by atoms with Crippen LogP contribution in [0, 0.1) is 5.82 Å². The van der Waals surface area contributed by atoms with Crippen molar-refractivity contribution in [2.24, 2.45) is 0 Å². The molecular weight excluding hydrogens is 311 g/mol. The van der Waals surface area contributed by atoms with E-state index in [-0.39, 0.29) is 17.0 Å². The molecule has 104 valence electrons. The summed E-state index contributed by atoms with van der Waals surface area (Å²) >= 11 is 3.26. The Balaban J connectivity index is 2.26. The Hall–Kier alpha value is -0.940. The molecule has 0 radical (unpaired) electrons. The Morgan fingerprint density at radius 1 is 1.37 bits per heavy atom. The van der Waals surface area contributed by atoms with Gasteiger partial charge in [-0.3, -0.25) is 9.69 Å². The number of benzene rings is 1. The first-order valence-electron chi connectivity index (χ1n) is 6.27. The van der Waals surface area contributed by atoms with Crippen LogP contribution in [0.15, 0.2) is 22.7 Å². The SMILES string of the molecule is CN1CCN(C(=O)c2c(F)cccc2Br)CC1(C)C. The molecule has 1 fully saturated rings. The molecule has 0 bridgehead atoms. The number of carbonyl (C=O) groups excluding carboxylic acids is 1. The second-order valence-corrected chi connectivity index (χ2v) is 6.41. The zero-order valence-electron chi connectivity index (χ0n) is 11.4. The summed E-state index contributed by atoms with van der Waals surface area (Å²) in [6, 6.07) is 4.60. The molecule has 1 saturated heterocycles. The van der Waals surface area contributed by atoms with Crippen molar-refractivity contribution >= 4 is 21.8 Å². The van der Waals surface area contributed by atoms with Gasteiger partial charge in [-0.05, 0) is 49.0 Å². The van der Waals surface area contributed by atoms with Crippen molar-refractivity contribution < 1.29 is 9.18 Å². The molecule has 1 aromatic carbocycles. The van der Waals surface area contributed by atoms with Crippen LogP contribution in [0.1, 0.15) is 24.2 Å². The summed E-state index contributed by atoms with van der Waals surface area (Å²) in [4.78, 5) is 16.4. The predicted molar refractivity (Wildman–Crippen MR) is 76.7 cm³/mol. The Bertz CT molecular complexity index is 484. The molecule has 0 aliphatic carbocycles. The monoisotopic (exact) mass is 328 g/mol. The molecule has 1 amide bonds. The molecular formula is C14H18BrFN2O. The van der Waals surface area contributed by atoms with Crippen molar-refractivity contribution in [1.29, 1.82) is 0 Å². The fraction of sp³-hybridized carbons (Fsp3) is 0.500. The van der Waals surface area contributed by atoms with Crippen LogP contribution >= 0.6 is 15.9 Å². The first-order valence-corrected chi connectivity index (χ1v) is 7.07. The van der Waals surface area contributed by atoms with Crippen LogP contribution in [-0.4, -0.2) is 47.9 Å². The van der Waals surface area contributed by atoms with E-state index in [1.165, 1.54) is 6.07 Å². The number of nitrogens with zero attached hydrogens (tertiary/aromatic N) is 2. The summed E-state index contributed by atoms with van der Waals surface area (Å²) in [6.07, 6.45) is 0. The van der Waals surface area contributed by atoms with Crippen molar-refractivity contribution in [3.63, 3.8) is 0 Å². The van der Waals surface area contributed by atoms with E-state index in [1.807, 2.05) is 7.05 Å². The maximum absolute atomic E-state index is 13.8. The van der Waals surface area contributed by atoms with Gasteiger partial charge in [0.05, 0.1) is 5.56 Å². The molecule has 0 unspecified atom stereocenters. The van der Waals surface area contributed by atoms with Gasteiger partial charge in [-0.2, -0.15) is 0 Å². The number of hydrogen-bond acceptors (Lipinski definition) is 2. The average Bonchev–Trinajstić information content (AvgIpc) is 2.32. The molecule has 1 aliphatic heterocycles. The van der Waals surface area contributed by atoms with Crippen LogP contribution < -0.4 is 0 Å². The fourth-order valence-corrected chi connectivity index (χ4v) is 2.79. The van der Waals surface area contributed by atoms with Crippen molar-refractivity contribution in [2.45, 2.75) is 19.4 Å². The Labute approximate surface area is 121 Å². The van der Waals surface area contributed by atoms with Crippen LogP contribution in [0.3, 0.4) is 0 Å². The highest BCUT2D eigenvalue weighted by Crippen LogP contribution is 2.25. The summed E-state index contributed by atoms with van der Waals surface area (Å²) < 4.78 is 14.3. The van der Waals surface area contributed by atoms with Gasteiger partial charge in [0.2, 0.25) is 0 Å². The average molecular weight is 329 g/mol. The Morgan fingerprint density at radius 3 is 2.63 bits per heavy atom. The predicted octanol–water partition coefficient (Wildman–Crippen LogP) is 2.75. The van der Waals surface area contributed by atoms with Crippen LogP contribution in [0.4, 0.5) is 4.39 Å². The first kappa shape index (κ1) is 14.5. The summed E-state index contributed by atoms with van der Waals surface area (Å²) in [5.41, 5.74) is 0.0360. The van der Waals surface area contributed by atoms with Gasteiger partial charge in [0, 0.05) is 29.6 Å². The molecule has 1 aromatic rings. The summed E-state index contributed by atoms with van der Waals surface area (Å²) in [5, 5.41) is 0. The highest BCUT2D eigenvalue weighted by atomic mass is 79.9. The lowest BCUT2D eigenvalue weighted by molar-refractivity contribution is 0.0307. The normalized spacial score (nSPS) is 19.5. The van der Waals surface area contributed by atoms with Gasteiger partial charge in [-0.15, -0.1) is 0 Å². The van der Waals surface area contributed by atoms with Crippen LogP contribution in [0.5, 0.6) is 0 Å². The van der Waals surface area contributed by atoms with Crippen LogP contribution in [0.2, 0.25) is 0 Å². The van der Waals surface area contributed by atoms with E-state index in [9.17, 15) is 9.18 Å². The molecule has 3 nitrogen and oxygen atoms in total. The van der Waals surface area contributed by atoms with Gasteiger partial charge in [0.1, 0.15) is 5.82 Å². The lowest BCUT2D eigenvalue weighted by Crippen LogP contribution is -2.59. The number of carbonyl (C=O) groups is 1. The van der Waals surface area contributed by atoms with E-state index in [0.29, 0.717) is 17.6 Å². The minimum absolute atomic E-state index is 0.0916. The number of likely N-dealkylation sites (N-methyl/N-ethyl adjacent to an activating group) is 1. The van der Waals surface area contributed by atoms with E-state index < -0.39 is 5.82 Å². The highest BCUT2D eigenvalue weighted by molar-refractivity contribution is 9.10. The summed E-state index contributed by atoms with van der Waals surface area (Å²) in [6.45, 7) is 6.19. The van der Waals surface area contributed by atoms with E-state index in [4.69, 9.17) is 0 Å². The van der Waals surface area contributed by atoms with Gasteiger partial charge in [0.15, 0.2) is 0 Å². The highest BCUT2D eigenvalue weighted by Gasteiger charge is 2.34. The molecule has 0 aromatic heterocycles. The third kappa shape index (κ3) is 2.82. The number of hydrogen-bond donors (Lipinski definition) is 0. The van der Waals surface area contributed by atoms with E-state index in [2.05, 4.69) is 34.7 Å². The molecule has 0 saturated carbocycles. The quantitative estimate of drug-likeness (QED) is 0.791.